The van der Waals surface area contributed by atoms with E-state index in [4.69, 9.17) is 4.74 Å². The Bertz CT molecular complexity index is 391. The van der Waals surface area contributed by atoms with Crippen LogP contribution in [0.1, 0.15) is 25.3 Å². The Balaban J connectivity index is 2.18. The quantitative estimate of drug-likeness (QED) is 0.854. The van der Waals surface area contributed by atoms with E-state index in [1.165, 1.54) is 5.56 Å². The lowest BCUT2D eigenvalue weighted by Crippen LogP contribution is -2.42. The van der Waals surface area contributed by atoms with Crippen LogP contribution in [0.2, 0.25) is 0 Å². The van der Waals surface area contributed by atoms with E-state index in [9.17, 15) is 5.11 Å². The van der Waals surface area contributed by atoms with Gasteiger partial charge in [-0.25, -0.2) is 0 Å². The predicted molar refractivity (Wildman–Crippen MR) is 69.8 cm³/mol. The molecule has 0 aromatic heterocycles. The zero-order valence-corrected chi connectivity index (χ0v) is 10.9. The SMILES string of the molecule is COc1cc(C)ccc1N1CCC(C)(O)CC1. The van der Waals surface area contributed by atoms with Gasteiger partial charge in [-0.1, -0.05) is 6.07 Å². The van der Waals surface area contributed by atoms with Crippen molar-refractivity contribution in [2.75, 3.05) is 25.1 Å². The summed E-state index contributed by atoms with van der Waals surface area (Å²) in [6, 6.07) is 6.26. The average Bonchev–Trinajstić information content (AvgIpc) is 2.29. The number of methoxy groups -OCH3 is 1. The number of ether oxygens (including phenoxy) is 1. The van der Waals surface area contributed by atoms with Crippen molar-refractivity contribution >= 4 is 5.69 Å². The molecule has 1 fully saturated rings. The van der Waals surface area contributed by atoms with Gasteiger partial charge in [-0.05, 0) is 44.4 Å². The summed E-state index contributed by atoms with van der Waals surface area (Å²) in [4.78, 5) is 2.29. The molecule has 0 saturated carbocycles. The Kier molecular flexibility index (Phi) is 3.29. The molecule has 1 saturated heterocycles. The Morgan fingerprint density at radius 3 is 2.53 bits per heavy atom. The second-order valence-corrected chi connectivity index (χ2v) is 5.16. The molecule has 0 atom stereocenters. The number of hydrogen-bond donors (Lipinski definition) is 1. The van der Waals surface area contributed by atoms with Gasteiger partial charge in [0.2, 0.25) is 0 Å². The predicted octanol–water partition coefficient (Wildman–Crippen LogP) is 2.35. The van der Waals surface area contributed by atoms with Gasteiger partial charge in [0.25, 0.3) is 0 Å². The number of hydrogen-bond acceptors (Lipinski definition) is 3. The summed E-state index contributed by atoms with van der Waals surface area (Å²) in [7, 11) is 1.71. The van der Waals surface area contributed by atoms with Gasteiger partial charge in [-0.2, -0.15) is 0 Å². The lowest BCUT2D eigenvalue weighted by molar-refractivity contribution is 0.0350. The minimum atomic E-state index is -0.506. The molecule has 0 bridgehead atoms. The van der Waals surface area contributed by atoms with E-state index in [0.717, 1.165) is 37.4 Å². The molecule has 0 spiro atoms. The normalized spacial score (nSPS) is 19.2. The third-order valence-electron chi connectivity index (χ3n) is 3.52. The van der Waals surface area contributed by atoms with Crippen LogP contribution >= 0.6 is 0 Å². The number of aryl methyl sites for hydroxylation is 1. The van der Waals surface area contributed by atoms with Gasteiger partial charge < -0.3 is 14.7 Å². The van der Waals surface area contributed by atoms with E-state index in [1.807, 2.05) is 6.92 Å². The van der Waals surface area contributed by atoms with Crippen LogP contribution in [0.4, 0.5) is 5.69 Å². The Labute approximate surface area is 103 Å². The van der Waals surface area contributed by atoms with Crippen molar-refractivity contribution in [3.8, 4) is 5.75 Å². The van der Waals surface area contributed by atoms with E-state index in [2.05, 4.69) is 30.0 Å². The molecular weight excluding hydrogens is 214 g/mol. The van der Waals surface area contributed by atoms with Crippen molar-refractivity contribution in [2.24, 2.45) is 0 Å². The largest absolute Gasteiger partial charge is 0.495 e. The van der Waals surface area contributed by atoms with Crippen LogP contribution < -0.4 is 9.64 Å². The minimum Gasteiger partial charge on any atom is -0.495 e. The molecule has 0 unspecified atom stereocenters. The molecule has 0 amide bonds. The molecule has 17 heavy (non-hydrogen) atoms. The molecule has 0 aliphatic carbocycles. The van der Waals surface area contributed by atoms with Crippen LogP contribution in [0.3, 0.4) is 0 Å². The summed E-state index contributed by atoms with van der Waals surface area (Å²) < 4.78 is 5.43. The molecule has 1 aromatic rings. The Morgan fingerprint density at radius 1 is 1.29 bits per heavy atom. The van der Waals surface area contributed by atoms with Crippen LogP contribution in [0.5, 0.6) is 5.75 Å². The molecule has 1 aromatic carbocycles. The first-order valence-corrected chi connectivity index (χ1v) is 6.14. The van der Waals surface area contributed by atoms with Gasteiger partial charge in [0.15, 0.2) is 0 Å². The zero-order chi connectivity index (χ0) is 12.5. The summed E-state index contributed by atoms with van der Waals surface area (Å²) >= 11 is 0. The fourth-order valence-electron chi connectivity index (χ4n) is 2.28. The highest BCUT2D eigenvalue weighted by atomic mass is 16.5. The number of piperidine rings is 1. The maximum Gasteiger partial charge on any atom is 0.142 e. The molecule has 3 heteroatoms. The molecule has 3 nitrogen and oxygen atoms in total. The van der Waals surface area contributed by atoms with Gasteiger partial charge >= 0.3 is 0 Å². The number of benzene rings is 1. The van der Waals surface area contributed by atoms with Crippen molar-refractivity contribution in [1.82, 2.24) is 0 Å². The molecule has 94 valence electrons. The van der Waals surface area contributed by atoms with E-state index in [0.29, 0.717) is 0 Å². The second-order valence-electron chi connectivity index (χ2n) is 5.16. The molecule has 1 aliphatic rings. The monoisotopic (exact) mass is 235 g/mol. The van der Waals surface area contributed by atoms with Crippen LogP contribution in [-0.2, 0) is 0 Å². The fraction of sp³-hybridized carbons (Fsp3) is 0.571. The molecule has 1 aliphatic heterocycles. The summed E-state index contributed by atoms with van der Waals surface area (Å²) in [6.45, 7) is 5.74. The standard InChI is InChI=1S/C14H21NO2/c1-11-4-5-12(13(10-11)17-3)15-8-6-14(2,16)7-9-15/h4-5,10,16H,6-9H2,1-3H3. The Morgan fingerprint density at radius 2 is 1.94 bits per heavy atom. The van der Waals surface area contributed by atoms with Crippen molar-refractivity contribution in [3.63, 3.8) is 0 Å². The fourth-order valence-corrected chi connectivity index (χ4v) is 2.28. The minimum absolute atomic E-state index is 0.506. The molecule has 0 radical (unpaired) electrons. The van der Waals surface area contributed by atoms with E-state index in [1.54, 1.807) is 7.11 Å². The van der Waals surface area contributed by atoms with E-state index < -0.39 is 5.60 Å². The molecular formula is C14H21NO2. The third kappa shape index (κ3) is 2.72. The third-order valence-corrected chi connectivity index (χ3v) is 3.52. The van der Waals surface area contributed by atoms with Gasteiger partial charge in [0.05, 0.1) is 18.4 Å². The first-order valence-electron chi connectivity index (χ1n) is 6.14. The smallest absolute Gasteiger partial charge is 0.142 e. The van der Waals surface area contributed by atoms with Crippen molar-refractivity contribution in [1.29, 1.82) is 0 Å². The first-order chi connectivity index (χ1) is 8.02. The summed E-state index contributed by atoms with van der Waals surface area (Å²) in [5.74, 6) is 0.923. The molecule has 2 rings (SSSR count). The van der Waals surface area contributed by atoms with E-state index in [-0.39, 0.29) is 0 Å². The second kappa shape index (κ2) is 4.57. The van der Waals surface area contributed by atoms with Gasteiger partial charge in [-0.15, -0.1) is 0 Å². The highest BCUT2D eigenvalue weighted by Crippen LogP contribution is 2.33. The summed E-state index contributed by atoms with van der Waals surface area (Å²) in [5, 5.41) is 9.95. The summed E-state index contributed by atoms with van der Waals surface area (Å²) in [5.41, 5.74) is 1.83. The van der Waals surface area contributed by atoms with E-state index >= 15 is 0 Å². The summed E-state index contributed by atoms with van der Waals surface area (Å²) in [6.07, 6.45) is 1.62. The number of anilines is 1. The number of rotatable bonds is 2. The van der Waals surface area contributed by atoms with Crippen LogP contribution in [0, 0.1) is 6.92 Å². The van der Waals surface area contributed by atoms with Crippen molar-refractivity contribution in [2.45, 2.75) is 32.3 Å². The molecule has 1 heterocycles. The first kappa shape index (κ1) is 12.2. The molecule has 1 N–H and O–H groups in total. The van der Waals surface area contributed by atoms with Gasteiger partial charge in [-0.3, -0.25) is 0 Å². The van der Waals surface area contributed by atoms with Crippen LogP contribution in [0.25, 0.3) is 0 Å². The lowest BCUT2D eigenvalue weighted by atomic mass is 9.93. The number of aliphatic hydroxyl groups is 1. The lowest BCUT2D eigenvalue weighted by Gasteiger charge is -2.37. The maximum atomic E-state index is 9.95. The van der Waals surface area contributed by atoms with Crippen molar-refractivity contribution in [3.05, 3.63) is 23.8 Å². The van der Waals surface area contributed by atoms with Crippen LogP contribution in [0.15, 0.2) is 18.2 Å². The topological polar surface area (TPSA) is 32.7 Å². The zero-order valence-electron chi connectivity index (χ0n) is 10.9. The van der Waals surface area contributed by atoms with Gasteiger partial charge in [0.1, 0.15) is 5.75 Å². The highest BCUT2D eigenvalue weighted by Gasteiger charge is 2.28. The highest BCUT2D eigenvalue weighted by molar-refractivity contribution is 5.60. The average molecular weight is 235 g/mol. The Hall–Kier alpha value is -1.22. The maximum absolute atomic E-state index is 9.95. The van der Waals surface area contributed by atoms with Gasteiger partial charge in [0, 0.05) is 13.1 Å². The van der Waals surface area contributed by atoms with Crippen LogP contribution in [-0.4, -0.2) is 30.9 Å². The van der Waals surface area contributed by atoms with Crippen molar-refractivity contribution < 1.29 is 9.84 Å². The number of nitrogens with zero attached hydrogens (tertiary/aromatic N) is 1.